The number of halogens is 1. The molecule has 0 fully saturated rings. The lowest BCUT2D eigenvalue weighted by Crippen LogP contribution is -2.07. The SMILES string of the molecule is COc1cc(C=CC(=O)Nc2nccs2)cc(Br)c1OCc1ccccc1. The fourth-order valence-electron chi connectivity index (χ4n) is 2.31. The van der Waals surface area contributed by atoms with Gasteiger partial charge in [0.25, 0.3) is 0 Å². The number of hydrogen-bond donors (Lipinski definition) is 1. The number of benzene rings is 2. The number of methoxy groups -OCH3 is 1. The number of thiazole rings is 1. The van der Waals surface area contributed by atoms with Crippen LogP contribution in [0.1, 0.15) is 11.1 Å². The molecule has 3 rings (SSSR count). The smallest absolute Gasteiger partial charge is 0.250 e. The monoisotopic (exact) mass is 444 g/mol. The maximum atomic E-state index is 12.0. The van der Waals surface area contributed by atoms with Gasteiger partial charge in [0.15, 0.2) is 16.6 Å². The van der Waals surface area contributed by atoms with E-state index in [1.165, 1.54) is 17.4 Å². The van der Waals surface area contributed by atoms with Crippen LogP contribution in [0.25, 0.3) is 6.08 Å². The quantitative estimate of drug-likeness (QED) is 0.512. The molecule has 7 heteroatoms. The summed E-state index contributed by atoms with van der Waals surface area (Å²) < 4.78 is 12.1. The molecule has 138 valence electrons. The van der Waals surface area contributed by atoms with Gasteiger partial charge < -0.3 is 9.47 Å². The van der Waals surface area contributed by atoms with Gasteiger partial charge in [0.1, 0.15) is 6.61 Å². The van der Waals surface area contributed by atoms with Gasteiger partial charge in [0.2, 0.25) is 5.91 Å². The molecule has 27 heavy (non-hydrogen) atoms. The van der Waals surface area contributed by atoms with E-state index in [4.69, 9.17) is 9.47 Å². The highest BCUT2D eigenvalue weighted by molar-refractivity contribution is 9.10. The predicted molar refractivity (Wildman–Crippen MR) is 111 cm³/mol. The topological polar surface area (TPSA) is 60.5 Å². The zero-order chi connectivity index (χ0) is 19.1. The van der Waals surface area contributed by atoms with Crippen molar-refractivity contribution in [1.82, 2.24) is 4.98 Å². The van der Waals surface area contributed by atoms with Gasteiger partial charge in [-0.15, -0.1) is 11.3 Å². The number of carbonyl (C=O) groups is 1. The van der Waals surface area contributed by atoms with E-state index >= 15 is 0 Å². The summed E-state index contributed by atoms with van der Waals surface area (Å²) in [6, 6.07) is 13.6. The van der Waals surface area contributed by atoms with Crippen molar-refractivity contribution >= 4 is 44.4 Å². The Bertz CT molecular complexity index is 928. The summed E-state index contributed by atoms with van der Waals surface area (Å²) in [5.41, 5.74) is 1.87. The molecule has 0 aliphatic rings. The number of rotatable bonds is 7. The van der Waals surface area contributed by atoms with Crippen molar-refractivity contribution in [3.63, 3.8) is 0 Å². The van der Waals surface area contributed by atoms with Crippen LogP contribution in [0.2, 0.25) is 0 Å². The Hall–Kier alpha value is -2.64. The van der Waals surface area contributed by atoms with Gasteiger partial charge in [-0.2, -0.15) is 0 Å². The summed E-state index contributed by atoms with van der Waals surface area (Å²) in [5.74, 6) is 0.954. The van der Waals surface area contributed by atoms with Crippen LogP contribution in [0.3, 0.4) is 0 Å². The number of anilines is 1. The summed E-state index contributed by atoms with van der Waals surface area (Å²) in [5, 5.41) is 5.06. The van der Waals surface area contributed by atoms with Gasteiger partial charge in [-0.05, 0) is 45.3 Å². The Morgan fingerprint density at radius 3 is 2.81 bits per heavy atom. The molecule has 0 unspecified atom stereocenters. The minimum atomic E-state index is -0.246. The van der Waals surface area contributed by atoms with Crippen LogP contribution in [0.15, 0.2) is 64.6 Å². The fraction of sp³-hybridized carbons (Fsp3) is 0.100. The number of amides is 1. The third-order valence-corrected chi connectivity index (χ3v) is 4.84. The van der Waals surface area contributed by atoms with Crippen molar-refractivity contribution in [2.24, 2.45) is 0 Å². The third-order valence-electron chi connectivity index (χ3n) is 3.57. The Morgan fingerprint density at radius 2 is 2.11 bits per heavy atom. The molecule has 1 heterocycles. The Kier molecular flexibility index (Phi) is 6.62. The average molecular weight is 445 g/mol. The maximum Gasteiger partial charge on any atom is 0.250 e. The van der Waals surface area contributed by atoms with Gasteiger partial charge in [-0.3, -0.25) is 10.1 Å². The highest BCUT2D eigenvalue weighted by atomic mass is 79.9. The molecule has 0 atom stereocenters. The van der Waals surface area contributed by atoms with Crippen LogP contribution in [-0.2, 0) is 11.4 Å². The summed E-state index contributed by atoms with van der Waals surface area (Å²) in [6.45, 7) is 0.432. The van der Waals surface area contributed by atoms with E-state index < -0.39 is 0 Å². The molecule has 1 amide bonds. The second kappa shape index (κ2) is 9.34. The highest BCUT2D eigenvalue weighted by Gasteiger charge is 2.11. The first-order valence-corrected chi connectivity index (χ1v) is 9.76. The lowest BCUT2D eigenvalue weighted by Gasteiger charge is -2.13. The van der Waals surface area contributed by atoms with Crippen LogP contribution in [-0.4, -0.2) is 18.0 Å². The molecule has 0 spiro atoms. The third kappa shape index (κ3) is 5.42. The van der Waals surface area contributed by atoms with Gasteiger partial charge in [-0.1, -0.05) is 30.3 Å². The average Bonchev–Trinajstić information content (AvgIpc) is 3.19. The minimum Gasteiger partial charge on any atom is -0.493 e. The Labute approximate surface area is 169 Å². The summed E-state index contributed by atoms with van der Waals surface area (Å²) in [4.78, 5) is 16.0. The van der Waals surface area contributed by atoms with E-state index in [1.54, 1.807) is 24.8 Å². The van der Waals surface area contributed by atoms with Crippen LogP contribution in [0.5, 0.6) is 11.5 Å². The van der Waals surface area contributed by atoms with Gasteiger partial charge in [0.05, 0.1) is 11.6 Å². The predicted octanol–water partition coefficient (Wildman–Crippen LogP) is 5.15. The molecule has 0 aliphatic heterocycles. The first kappa shape index (κ1) is 19.1. The molecule has 0 saturated heterocycles. The van der Waals surface area contributed by atoms with E-state index in [0.29, 0.717) is 23.2 Å². The van der Waals surface area contributed by atoms with Crippen LogP contribution >= 0.6 is 27.3 Å². The van der Waals surface area contributed by atoms with Crippen molar-refractivity contribution in [2.45, 2.75) is 6.61 Å². The zero-order valence-corrected chi connectivity index (χ0v) is 16.9. The minimum absolute atomic E-state index is 0.246. The second-order valence-corrected chi connectivity index (χ2v) is 7.22. The number of ether oxygens (including phenoxy) is 2. The van der Waals surface area contributed by atoms with Gasteiger partial charge in [-0.25, -0.2) is 4.98 Å². The number of hydrogen-bond acceptors (Lipinski definition) is 5. The number of nitrogens with zero attached hydrogens (tertiary/aromatic N) is 1. The van der Waals surface area contributed by atoms with E-state index in [0.717, 1.165) is 15.6 Å². The molecule has 3 aromatic rings. The lowest BCUT2D eigenvalue weighted by atomic mass is 10.2. The highest BCUT2D eigenvalue weighted by Crippen LogP contribution is 2.37. The molecule has 1 N–H and O–H groups in total. The van der Waals surface area contributed by atoms with Crippen molar-refractivity contribution in [1.29, 1.82) is 0 Å². The largest absolute Gasteiger partial charge is 0.493 e. The molecule has 0 bridgehead atoms. The number of carbonyl (C=O) groups excluding carboxylic acids is 1. The molecule has 0 saturated carbocycles. The fourth-order valence-corrected chi connectivity index (χ4v) is 3.42. The molecule has 1 aromatic heterocycles. The molecule has 0 aliphatic carbocycles. The van der Waals surface area contributed by atoms with Gasteiger partial charge >= 0.3 is 0 Å². The normalized spacial score (nSPS) is 10.7. The first-order valence-electron chi connectivity index (χ1n) is 8.08. The summed E-state index contributed by atoms with van der Waals surface area (Å²) in [6.07, 6.45) is 4.80. The lowest BCUT2D eigenvalue weighted by molar-refractivity contribution is -0.111. The molecular formula is C20H17BrN2O3S. The first-order chi connectivity index (χ1) is 13.2. The van der Waals surface area contributed by atoms with Crippen LogP contribution in [0.4, 0.5) is 5.13 Å². The summed E-state index contributed by atoms with van der Waals surface area (Å²) in [7, 11) is 1.58. The van der Waals surface area contributed by atoms with Crippen molar-refractivity contribution in [3.8, 4) is 11.5 Å². The van der Waals surface area contributed by atoms with Crippen molar-refractivity contribution < 1.29 is 14.3 Å². The summed E-state index contributed by atoms with van der Waals surface area (Å²) >= 11 is 4.89. The standard InChI is InChI=1S/C20H17BrN2O3S/c1-25-17-12-15(7-8-18(24)23-20-22-9-10-27-20)11-16(21)19(17)26-13-14-5-3-2-4-6-14/h2-12H,13H2,1H3,(H,22,23,24). The Balaban J connectivity index is 1.71. The molecule has 0 radical (unpaired) electrons. The number of nitrogens with one attached hydrogen (secondary N) is 1. The molecule has 2 aromatic carbocycles. The second-order valence-electron chi connectivity index (χ2n) is 5.47. The maximum absolute atomic E-state index is 12.0. The van der Waals surface area contributed by atoms with Crippen LogP contribution < -0.4 is 14.8 Å². The molecular weight excluding hydrogens is 428 g/mol. The van der Waals surface area contributed by atoms with Gasteiger partial charge in [0, 0.05) is 17.7 Å². The van der Waals surface area contributed by atoms with Crippen LogP contribution in [0, 0.1) is 0 Å². The van der Waals surface area contributed by atoms with E-state index in [1.807, 2.05) is 42.5 Å². The van der Waals surface area contributed by atoms with Crippen molar-refractivity contribution in [3.05, 3.63) is 75.7 Å². The number of aromatic nitrogens is 1. The van der Waals surface area contributed by atoms with E-state index in [9.17, 15) is 4.79 Å². The van der Waals surface area contributed by atoms with E-state index in [-0.39, 0.29) is 5.91 Å². The van der Waals surface area contributed by atoms with E-state index in [2.05, 4.69) is 26.2 Å². The zero-order valence-electron chi connectivity index (χ0n) is 14.5. The molecule has 5 nitrogen and oxygen atoms in total. The van der Waals surface area contributed by atoms with Crippen molar-refractivity contribution in [2.75, 3.05) is 12.4 Å². The Morgan fingerprint density at radius 1 is 1.30 bits per heavy atom.